The Morgan fingerprint density at radius 2 is 1.95 bits per heavy atom. The maximum Gasteiger partial charge on any atom is 0.270 e. The van der Waals surface area contributed by atoms with Crippen LogP contribution in [0.1, 0.15) is 10.5 Å². The summed E-state index contributed by atoms with van der Waals surface area (Å²) in [6.45, 7) is 1.23. The predicted octanol–water partition coefficient (Wildman–Crippen LogP) is 3.14. The molecule has 0 saturated heterocycles. The number of rotatable bonds is 5. The number of benzene rings is 2. The summed E-state index contributed by atoms with van der Waals surface area (Å²) in [5.41, 5.74) is 3.21. The van der Waals surface area contributed by atoms with Crippen molar-refractivity contribution in [2.24, 2.45) is 0 Å². The van der Waals surface area contributed by atoms with E-state index in [9.17, 15) is 4.79 Å². The van der Waals surface area contributed by atoms with E-state index in [-0.39, 0.29) is 5.91 Å². The summed E-state index contributed by atoms with van der Waals surface area (Å²) < 4.78 is 0. The van der Waals surface area contributed by atoms with Gasteiger partial charge in [-0.1, -0.05) is 36.4 Å². The van der Waals surface area contributed by atoms with Crippen LogP contribution in [0.25, 0.3) is 10.8 Å². The maximum absolute atomic E-state index is 11.7. The molecule has 3 aromatic rings. The zero-order valence-electron chi connectivity index (χ0n) is 11.4. The second kappa shape index (κ2) is 6.37. The van der Waals surface area contributed by atoms with E-state index in [1.54, 1.807) is 10.9 Å². The summed E-state index contributed by atoms with van der Waals surface area (Å²) in [5.74, 6) is -0.129. The molecule has 2 aromatic carbocycles. The van der Waals surface area contributed by atoms with Crippen LogP contribution in [0.5, 0.6) is 0 Å². The number of thiazole rings is 1. The Morgan fingerprint density at radius 1 is 1.10 bits per heavy atom. The van der Waals surface area contributed by atoms with E-state index in [0.29, 0.717) is 18.8 Å². The standard InChI is InChI=1S/C16H15N3OS/c20-16(15-10-21-11-19-15)18-9-8-17-14-7-3-5-12-4-1-2-6-13(12)14/h1-7,10-11,17H,8-9H2,(H,18,20). The highest BCUT2D eigenvalue weighted by molar-refractivity contribution is 7.07. The van der Waals surface area contributed by atoms with E-state index in [1.165, 1.54) is 22.1 Å². The highest BCUT2D eigenvalue weighted by atomic mass is 32.1. The molecular formula is C16H15N3OS. The van der Waals surface area contributed by atoms with Crippen molar-refractivity contribution in [2.75, 3.05) is 18.4 Å². The summed E-state index contributed by atoms with van der Waals surface area (Å²) in [7, 11) is 0. The second-order valence-electron chi connectivity index (χ2n) is 4.58. The van der Waals surface area contributed by atoms with Gasteiger partial charge in [-0.2, -0.15) is 0 Å². The van der Waals surface area contributed by atoms with Crippen molar-refractivity contribution in [1.29, 1.82) is 0 Å². The third-order valence-corrected chi connectivity index (χ3v) is 3.77. The fraction of sp³-hybridized carbons (Fsp3) is 0.125. The normalized spacial score (nSPS) is 10.5. The maximum atomic E-state index is 11.7. The minimum Gasteiger partial charge on any atom is -0.383 e. The van der Waals surface area contributed by atoms with Gasteiger partial charge in [0, 0.05) is 29.5 Å². The third-order valence-electron chi connectivity index (χ3n) is 3.18. The van der Waals surface area contributed by atoms with Crippen LogP contribution in [0.4, 0.5) is 5.69 Å². The fourth-order valence-corrected chi connectivity index (χ4v) is 2.70. The van der Waals surface area contributed by atoms with Crippen LogP contribution in [-0.4, -0.2) is 24.0 Å². The lowest BCUT2D eigenvalue weighted by Gasteiger charge is -2.10. The Balaban J connectivity index is 1.56. The van der Waals surface area contributed by atoms with Gasteiger partial charge in [0.25, 0.3) is 5.91 Å². The van der Waals surface area contributed by atoms with Crippen LogP contribution < -0.4 is 10.6 Å². The first-order chi connectivity index (χ1) is 10.3. The highest BCUT2D eigenvalue weighted by Crippen LogP contribution is 2.22. The molecule has 0 atom stereocenters. The summed E-state index contributed by atoms with van der Waals surface area (Å²) in [6, 6.07) is 14.4. The van der Waals surface area contributed by atoms with Crippen molar-refractivity contribution >= 4 is 33.7 Å². The van der Waals surface area contributed by atoms with Crippen molar-refractivity contribution in [3.63, 3.8) is 0 Å². The molecule has 5 heteroatoms. The number of aromatic nitrogens is 1. The highest BCUT2D eigenvalue weighted by Gasteiger charge is 2.06. The van der Waals surface area contributed by atoms with Crippen LogP contribution in [0.15, 0.2) is 53.4 Å². The Morgan fingerprint density at radius 3 is 2.81 bits per heavy atom. The van der Waals surface area contributed by atoms with E-state index in [2.05, 4.69) is 33.8 Å². The van der Waals surface area contributed by atoms with Gasteiger partial charge in [-0.15, -0.1) is 11.3 Å². The Bertz CT molecular complexity index is 735. The predicted molar refractivity (Wildman–Crippen MR) is 86.9 cm³/mol. The second-order valence-corrected chi connectivity index (χ2v) is 5.30. The summed E-state index contributed by atoms with van der Waals surface area (Å²) in [6.07, 6.45) is 0. The molecule has 0 bridgehead atoms. The smallest absolute Gasteiger partial charge is 0.270 e. The number of carbonyl (C=O) groups excluding carboxylic acids is 1. The lowest BCUT2D eigenvalue weighted by atomic mass is 10.1. The molecule has 4 nitrogen and oxygen atoms in total. The molecule has 1 aromatic heterocycles. The van der Waals surface area contributed by atoms with Gasteiger partial charge in [-0.05, 0) is 11.5 Å². The Kier molecular flexibility index (Phi) is 4.12. The quantitative estimate of drug-likeness (QED) is 0.711. The number of nitrogens with zero attached hydrogens (tertiary/aromatic N) is 1. The van der Waals surface area contributed by atoms with E-state index in [0.717, 1.165) is 5.69 Å². The molecule has 21 heavy (non-hydrogen) atoms. The first-order valence-corrected chi connectivity index (χ1v) is 7.67. The fourth-order valence-electron chi connectivity index (χ4n) is 2.17. The minimum atomic E-state index is -0.129. The lowest BCUT2D eigenvalue weighted by molar-refractivity contribution is 0.0951. The monoisotopic (exact) mass is 297 g/mol. The van der Waals surface area contributed by atoms with Crippen LogP contribution in [-0.2, 0) is 0 Å². The van der Waals surface area contributed by atoms with Gasteiger partial charge in [-0.3, -0.25) is 4.79 Å². The van der Waals surface area contributed by atoms with Crippen LogP contribution in [0.2, 0.25) is 0 Å². The van der Waals surface area contributed by atoms with Gasteiger partial charge >= 0.3 is 0 Å². The van der Waals surface area contributed by atoms with Crippen LogP contribution >= 0.6 is 11.3 Å². The number of fused-ring (bicyclic) bond motifs is 1. The average molecular weight is 297 g/mol. The molecule has 0 saturated carbocycles. The molecule has 0 radical (unpaired) electrons. The Hall–Kier alpha value is -2.40. The van der Waals surface area contributed by atoms with Crippen molar-refractivity contribution in [2.45, 2.75) is 0 Å². The molecule has 0 aliphatic carbocycles. The Labute approximate surface area is 126 Å². The van der Waals surface area contributed by atoms with Gasteiger partial charge in [0.1, 0.15) is 5.69 Å². The van der Waals surface area contributed by atoms with Crippen molar-refractivity contribution < 1.29 is 4.79 Å². The largest absolute Gasteiger partial charge is 0.383 e. The minimum absolute atomic E-state index is 0.129. The zero-order valence-corrected chi connectivity index (χ0v) is 12.2. The number of hydrogen-bond donors (Lipinski definition) is 2. The van der Waals surface area contributed by atoms with Gasteiger partial charge in [0.2, 0.25) is 0 Å². The van der Waals surface area contributed by atoms with E-state index in [4.69, 9.17) is 0 Å². The molecule has 0 unspecified atom stereocenters. The average Bonchev–Trinajstić information content (AvgIpc) is 3.06. The zero-order chi connectivity index (χ0) is 14.5. The van der Waals surface area contributed by atoms with Gasteiger partial charge in [0.15, 0.2) is 0 Å². The molecule has 0 fully saturated rings. The molecule has 0 aliphatic heterocycles. The lowest BCUT2D eigenvalue weighted by Crippen LogP contribution is -2.28. The first kappa shape index (κ1) is 13.6. The van der Waals surface area contributed by atoms with E-state index in [1.807, 2.05) is 24.3 Å². The number of amides is 1. The molecule has 3 rings (SSSR count). The number of nitrogens with one attached hydrogen (secondary N) is 2. The van der Waals surface area contributed by atoms with Crippen molar-refractivity contribution in [3.8, 4) is 0 Å². The molecule has 1 amide bonds. The van der Waals surface area contributed by atoms with E-state index >= 15 is 0 Å². The van der Waals surface area contributed by atoms with Gasteiger partial charge in [0.05, 0.1) is 5.51 Å². The molecule has 0 aliphatic rings. The third kappa shape index (κ3) is 3.20. The SMILES string of the molecule is O=C(NCCNc1cccc2ccccc12)c1cscn1. The topological polar surface area (TPSA) is 54.0 Å². The van der Waals surface area contributed by atoms with Crippen molar-refractivity contribution in [1.82, 2.24) is 10.3 Å². The van der Waals surface area contributed by atoms with E-state index < -0.39 is 0 Å². The first-order valence-electron chi connectivity index (χ1n) is 6.72. The number of carbonyl (C=O) groups is 1. The summed E-state index contributed by atoms with van der Waals surface area (Å²) in [4.78, 5) is 15.7. The summed E-state index contributed by atoms with van der Waals surface area (Å²) >= 11 is 1.42. The van der Waals surface area contributed by atoms with Gasteiger partial charge < -0.3 is 10.6 Å². The number of anilines is 1. The molecule has 0 spiro atoms. The molecule has 1 heterocycles. The molecular weight excluding hydrogens is 282 g/mol. The van der Waals surface area contributed by atoms with Crippen molar-refractivity contribution in [3.05, 3.63) is 59.0 Å². The van der Waals surface area contributed by atoms with Crippen LogP contribution in [0, 0.1) is 0 Å². The molecule has 2 N–H and O–H groups in total. The molecule has 106 valence electrons. The summed E-state index contributed by atoms with van der Waals surface area (Å²) in [5, 5.41) is 10.3. The van der Waals surface area contributed by atoms with Crippen LogP contribution in [0.3, 0.4) is 0 Å². The number of hydrogen-bond acceptors (Lipinski definition) is 4. The van der Waals surface area contributed by atoms with Gasteiger partial charge in [-0.25, -0.2) is 4.98 Å².